The quantitative estimate of drug-likeness (QED) is 0.544. The molecule has 3 heterocycles. The number of esters is 1. The van der Waals surface area contributed by atoms with Crippen LogP contribution < -0.4 is 14.9 Å². The van der Waals surface area contributed by atoms with Crippen LogP contribution in [-0.2, 0) is 22.8 Å². The van der Waals surface area contributed by atoms with Crippen molar-refractivity contribution in [3.8, 4) is 0 Å². The normalized spacial score (nSPS) is 16.6. The molecular formula is C22H19F3N4O3S. The molecule has 0 amide bonds. The van der Waals surface area contributed by atoms with Crippen LogP contribution in [0.3, 0.4) is 0 Å². The molecule has 0 bridgehead atoms. The highest BCUT2D eigenvalue weighted by atomic mass is 32.1. The lowest BCUT2D eigenvalue weighted by Crippen LogP contribution is -2.40. The number of halogens is 3. The summed E-state index contributed by atoms with van der Waals surface area (Å²) in [5.74, 6) is -0.610. The molecule has 1 aliphatic rings. The molecule has 0 radical (unpaired) electrons. The lowest BCUT2D eigenvalue weighted by Gasteiger charge is -2.23. The van der Waals surface area contributed by atoms with E-state index >= 15 is 0 Å². The minimum absolute atomic E-state index is 0.224. The van der Waals surface area contributed by atoms with Gasteiger partial charge in [0.25, 0.3) is 5.56 Å². The largest absolute Gasteiger partial charge is 0.466 e. The molecule has 7 nitrogen and oxygen atoms in total. The van der Waals surface area contributed by atoms with Gasteiger partial charge in [0.1, 0.15) is 6.04 Å². The van der Waals surface area contributed by atoms with Crippen LogP contribution in [0.1, 0.15) is 35.3 Å². The van der Waals surface area contributed by atoms with Crippen LogP contribution in [0.4, 0.5) is 13.2 Å². The molecule has 0 N–H and O–H groups in total. The fraction of sp³-hybridized carbons (Fsp3) is 0.273. The van der Waals surface area contributed by atoms with Crippen LogP contribution in [0.5, 0.6) is 0 Å². The van der Waals surface area contributed by atoms with Crippen molar-refractivity contribution >= 4 is 23.4 Å². The van der Waals surface area contributed by atoms with Gasteiger partial charge in [0.2, 0.25) is 0 Å². The second-order valence-corrected chi connectivity index (χ2v) is 8.51. The van der Waals surface area contributed by atoms with Crippen molar-refractivity contribution in [3.63, 3.8) is 0 Å². The SMILES string of the molecule is COC(=O)C1=C(C)N=c2s/c(=C/c3ccc(C(F)(F)F)cc3)c(=O)n2[C@@H]1c1cnn(C)c1C. The van der Waals surface area contributed by atoms with Gasteiger partial charge in [-0.1, -0.05) is 23.5 Å². The van der Waals surface area contributed by atoms with Crippen LogP contribution in [0.25, 0.3) is 6.08 Å². The summed E-state index contributed by atoms with van der Waals surface area (Å²) in [7, 11) is 3.01. The summed E-state index contributed by atoms with van der Waals surface area (Å²) in [5.41, 5.74) is 1.29. The van der Waals surface area contributed by atoms with Gasteiger partial charge >= 0.3 is 12.1 Å². The van der Waals surface area contributed by atoms with E-state index in [0.29, 0.717) is 21.6 Å². The molecule has 0 aliphatic carbocycles. The van der Waals surface area contributed by atoms with Crippen LogP contribution in [0, 0.1) is 6.92 Å². The van der Waals surface area contributed by atoms with Crippen LogP contribution in [-0.4, -0.2) is 27.4 Å². The smallest absolute Gasteiger partial charge is 0.416 e. The number of nitrogens with zero attached hydrogens (tertiary/aromatic N) is 4. The first-order valence-electron chi connectivity index (χ1n) is 9.79. The minimum Gasteiger partial charge on any atom is -0.466 e. The molecule has 0 saturated heterocycles. The third-order valence-electron chi connectivity index (χ3n) is 5.53. The van der Waals surface area contributed by atoms with Crippen LogP contribution in [0.15, 0.2) is 51.5 Å². The number of allylic oxidation sites excluding steroid dienone is 1. The summed E-state index contributed by atoms with van der Waals surface area (Å²) >= 11 is 1.10. The molecule has 33 heavy (non-hydrogen) atoms. The first-order chi connectivity index (χ1) is 15.5. The third kappa shape index (κ3) is 3.92. The number of aryl methyl sites for hydroxylation is 1. The van der Waals surface area contributed by atoms with E-state index in [1.165, 1.54) is 29.9 Å². The first kappa shape index (κ1) is 22.7. The highest BCUT2D eigenvalue weighted by Gasteiger charge is 2.35. The van der Waals surface area contributed by atoms with Gasteiger partial charge in [0.05, 0.1) is 34.7 Å². The highest BCUT2D eigenvalue weighted by molar-refractivity contribution is 7.07. The van der Waals surface area contributed by atoms with Crippen molar-refractivity contribution in [3.05, 3.63) is 83.8 Å². The fourth-order valence-corrected chi connectivity index (χ4v) is 4.74. The number of hydrogen-bond acceptors (Lipinski definition) is 6. The number of carbonyl (C=O) groups excluding carboxylic acids is 1. The monoisotopic (exact) mass is 476 g/mol. The number of rotatable bonds is 3. The second-order valence-electron chi connectivity index (χ2n) is 7.50. The number of benzene rings is 1. The maximum Gasteiger partial charge on any atom is 0.416 e. The molecule has 3 aromatic rings. The van der Waals surface area contributed by atoms with Gasteiger partial charge < -0.3 is 4.74 Å². The van der Waals surface area contributed by atoms with E-state index in [1.54, 1.807) is 24.9 Å². The number of aromatic nitrogens is 3. The summed E-state index contributed by atoms with van der Waals surface area (Å²) in [5, 5.41) is 4.24. The molecule has 4 rings (SSSR count). The van der Waals surface area contributed by atoms with Crippen molar-refractivity contribution in [2.45, 2.75) is 26.1 Å². The zero-order valence-electron chi connectivity index (χ0n) is 18.1. The fourth-order valence-electron chi connectivity index (χ4n) is 3.69. The Morgan fingerprint density at radius 2 is 1.88 bits per heavy atom. The standard InChI is InChI=1S/C22H19F3N4O3S/c1-11-17(20(31)32-4)18(15-10-26-28(3)12(15)2)29-19(30)16(33-21(29)27-11)9-13-5-7-14(8-6-13)22(23,24)25/h5-10,18H,1-4H3/b16-9+/t18-/m1/s1. The molecule has 1 aromatic carbocycles. The zero-order valence-corrected chi connectivity index (χ0v) is 18.9. The number of alkyl halides is 3. The molecule has 0 unspecified atom stereocenters. The summed E-state index contributed by atoms with van der Waals surface area (Å²) in [4.78, 5) is 30.9. The van der Waals surface area contributed by atoms with E-state index in [4.69, 9.17) is 4.74 Å². The molecule has 0 saturated carbocycles. The molecular weight excluding hydrogens is 457 g/mol. The Morgan fingerprint density at radius 3 is 2.42 bits per heavy atom. The van der Waals surface area contributed by atoms with E-state index in [2.05, 4.69) is 10.1 Å². The Hall–Kier alpha value is -3.47. The Labute approximate surface area is 189 Å². The lowest BCUT2D eigenvalue weighted by atomic mass is 9.96. The summed E-state index contributed by atoms with van der Waals surface area (Å²) in [6, 6.07) is 3.73. The number of fused-ring (bicyclic) bond motifs is 1. The van der Waals surface area contributed by atoms with Crippen molar-refractivity contribution in [2.24, 2.45) is 12.0 Å². The Balaban J connectivity index is 1.92. The number of thiazole rings is 1. The van der Waals surface area contributed by atoms with E-state index in [-0.39, 0.29) is 10.1 Å². The molecule has 172 valence electrons. The molecule has 0 fully saturated rings. The highest BCUT2D eigenvalue weighted by Crippen LogP contribution is 2.32. The van der Waals surface area contributed by atoms with Gasteiger partial charge in [-0.05, 0) is 37.6 Å². The van der Waals surface area contributed by atoms with E-state index < -0.39 is 29.3 Å². The zero-order chi connectivity index (χ0) is 24.1. The number of methoxy groups -OCH3 is 1. The topological polar surface area (TPSA) is 78.5 Å². The molecule has 0 spiro atoms. The summed E-state index contributed by atoms with van der Waals surface area (Å²) in [6.45, 7) is 3.49. The third-order valence-corrected chi connectivity index (χ3v) is 6.51. The minimum atomic E-state index is -4.44. The first-order valence-corrected chi connectivity index (χ1v) is 10.6. The average Bonchev–Trinajstić information content (AvgIpc) is 3.25. The maximum atomic E-state index is 13.4. The van der Waals surface area contributed by atoms with Crippen LogP contribution >= 0.6 is 11.3 Å². The Bertz CT molecular complexity index is 1460. The number of carbonyl (C=O) groups is 1. The molecule has 1 aliphatic heterocycles. The van der Waals surface area contributed by atoms with Gasteiger partial charge in [0, 0.05) is 18.3 Å². The number of hydrogen-bond donors (Lipinski definition) is 0. The van der Waals surface area contributed by atoms with E-state index in [1.807, 2.05) is 6.92 Å². The van der Waals surface area contributed by atoms with Crippen molar-refractivity contribution in [1.29, 1.82) is 0 Å². The summed E-state index contributed by atoms with van der Waals surface area (Å²) in [6.07, 6.45) is -1.34. The molecule has 1 atom stereocenters. The van der Waals surface area contributed by atoms with Gasteiger partial charge in [-0.15, -0.1) is 0 Å². The van der Waals surface area contributed by atoms with E-state index in [9.17, 15) is 22.8 Å². The van der Waals surface area contributed by atoms with Gasteiger partial charge in [0.15, 0.2) is 4.80 Å². The van der Waals surface area contributed by atoms with Crippen molar-refractivity contribution in [1.82, 2.24) is 14.3 Å². The van der Waals surface area contributed by atoms with Crippen molar-refractivity contribution in [2.75, 3.05) is 7.11 Å². The second kappa shape index (κ2) is 8.14. The van der Waals surface area contributed by atoms with Gasteiger partial charge in [-0.2, -0.15) is 18.3 Å². The Kier molecular flexibility index (Phi) is 5.61. The number of ether oxygens (including phenoxy) is 1. The average molecular weight is 476 g/mol. The van der Waals surface area contributed by atoms with Gasteiger partial charge in [-0.25, -0.2) is 9.79 Å². The van der Waals surface area contributed by atoms with Gasteiger partial charge in [-0.3, -0.25) is 14.0 Å². The lowest BCUT2D eigenvalue weighted by molar-refractivity contribution is -0.138. The molecule has 11 heteroatoms. The predicted octanol–water partition coefficient (Wildman–Crippen LogP) is 2.47. The van der Waals surface area contributed by atoms with Crippen LogP contribution in [0.2, 0.25) is 0 Å². The van der Waals surface area contributed by atoms with E-state index in [0.717, 1.165) is 29.2 Å². The summed E-state index contributed by atoms with van der Waals surface area (Å²) < 4.78 is 46.8. The predicted molar refractivity (Wildman–Crippen MR) is 115 cm³/mol. The van der Waals surface area contributed by atoms with Crippen molar-refractivity contribution < 1.29 is 22.7 Å². The maximum absolute atomic E-state index is 13.4. The molecule has 2 aromatic heterocycles. The Morgan fingerprint density at radius 1 is 1.21 bits per heavy atom.